The van der Waals surface area contributed by atoms with E-state index in [2.05, 4.69) is 37.9 Å². The van der Waals surface area contributed by atoms with Crippen molar-refractivity contribution in [1.82, 2.24) is 0 Å². The number of anilines is 1. The quantitative estimate of drug-likeness (QED) is 0.746. The van der Waals surface area contributed by atoms with Gasteiger partial charge in [-0.25, -0.2) is 0 Å². The Bertz CT molecular complexity index is 323. The van der Waals surface area contributed by atoms with Crippen molar-refractivity contribution in [3.8, 4) is 0 Å². The molecule has 0 saturated carbocycles. The number of benzene rings is 1. The monoisotopic (exact) mass is 221 g/mol. The van der Waals surface area contributed by atoms with Gasteiger partial charge in [0.15, 0.2) is 0 Å². The second-order valence-electron chi connectivity index (χ2n) is 4.40. The molecule has 2 nitrogen and oxygen atoms in total. The van der Waals surface area contributed by atoms with Gasteiger partial charge in [-0.05, 0) is 36.6 Å². The Kier molecular flexibility index (Phi) is 5.33. The molecule has 0 spiro atoms. The summed E-state index contributed by atoms with van der Waals surface area (Å²) in [5.74, 6) is 0. The minimum Gasteiger partial charge on any atom is -0.392 e. The Hall–Kier alpha value is -1.02. The van der Waals surface area contributed by atoms with Crippen molar-refractivity contribution < 1.29 is 5.11 Å². The number of aliphatic hydroxyl groups is 1. The predicted molar refractivity (Wildman–Crippen MR) is 69.9 cm³/mol. The summed E-state index contributed by atoms with van der Waals surface area (Å²) in [5, 5.41) is 9.11. The molecule has 1 aromatic carbocycles. The second-order valence-corrected chi connectivity index (χ2v) is 4.40. The summed E-state index contributed by atoms with van der Waals surface area (Å²) in [6.07, 6.45) is 3.79. The zero-order chi connectivity index (χ0) is 12.0. The van der Waals surface area contributed by atoms with Gasteiger partial charge in [-0.15, -0.1) is 0 Å². The molecule has 0 fully saturated rings. The third-order valence-corrected chi connectivity index (χ3v) is 3.03. The fraction of sp³-hybridized carbons (Fsp3) is 0.571. The van der Waals surface area contributed by atoms with Gasteiger partial charge in [-0.3, -0.25) is 0 Å². The molecule has 1 N–H and O–H groups in total. The maximum Gasteiger partial charge on any atom is 0.0684 e. The first-order valence-corrected chi connectivity index (χ1v) is 6.10. The predicted octanol–water partition coefficient (Wildman–Crippen LogP) is 3.11. The molecule has 0 aliphatic carbocycles. The molecule has 0 aromatic heterocycles. The number of hydrogen-bond acceptors (Lipinski definition) is 2. The summed E-state index contributed by atoms with van der Waals surface area (Å²) in [7, 11) is 2.13. The number of rotatable bonds is 6. The molecular weight excluding hydrogens is 198 g/mol. The fourth-order valence-corrected chi connectivity index (χ4v) is 1.82. The van der Waals surface area contributed by atoms with Crippen molar-refractivity contribution in [2.75, 3.05) is 18.5 Å². The highest BCUT2D eigenvalue weighted by atomic mass is 16.3. The molecule has 0 unspecified atom stereocenters. The van der Waals surface area contributed by atoms with E-state index >= 15 is 0 Å². The van der Waals surface area contributed by atoms with E-state index in [1.54, 1.807) is 0 Å². The van der Waals surface area contributed by atoms with Crippen LogP contribution >= 0.6 is 0 Å². The number of hydrogen-bond donors (Lipinski definition) is 1. The molecule has 0 bridgehead atoms. The van der Waals surface area contributed by atoms with Crippen molar-refractivity contribution in [2.24, 2.45) is 0 Å². The molecule has 0 heterocycles. The van der Waals surface area contributed by atoms with Crippen LogP contribution in [0.1, 0.15) is 37.3 Å². The van der Waals surface area contributed by atoms with Gasteiger partial charge in [0.2, 0.25) is 0 Å². The van der Waals surface area contributed by atoms with Crippen molar-refractivity contribution in [3.05, 3.63) is 29.3 Å². The van der Waals surface area contributed by atoms with Crippen LogP contribution in [-0.2, 0) is 6.61 Å². The van der Waals surface area contributed by atoms with Gasteiger partial charge in [0.25, 0.3) is 0 Å². The average molecular weight is 221 g/mol. The Labute approximate surface area is 98.9 Å². The van der Waals surface area contributed by atoms with Crippen LogP contribution in [0.3, 0.4) is 0 Å². The number of nitrogens with zero attached hydrogens (tertiary/aromatic N) is 1. The third-order valence-electron chi connectivity index (χ3n) is 3.03. The van der Waals surface area contributed by atoms with Crippen LogP contribution in [-0.4, -0.2) is 18.7 Å². The summed E-state index contributed by atoms with van der Waals surface area (Å²) < 4.78 is 0. The molecule has 0 aliphatic rings. The third kappa shape index (κ3) is 3.53. The lowest BCUT2D eigenvalue weighted by Gasteiger charge is -2.20. The summed E-state index contributed by atoms with van der Waals surface area (Å²) in [5.41, 5.74) is 3.43. The lowest BCUT2D eigenvalue weighted by atomic mass is 10.1. The molecule has 0 amide bonds. The maximum absolute atomic E-state index is 9.11. The van der Waals surface area contributed by atoms with E-state index in [4.69, 9.17) is 5.11 Å². The molecule has 0 saturated heterocycles. The van der Waals surface area contributed by atoms with Crippen LogP contribution in [0.15, 0.2) is 18.2 Å². The van der Waals surface area contributed by atoms with Gasteiger partial charge in [-0.1, -0.05) is 25.8 Å². The van der Waals surface area contributed by atoms with Crippen LogP contribution < -0.4 is 4.90 Å². The Morgan fingerprint density at radius 1 is 1.25 bits per heavy atom. The molecule has 0 atom stereocenters. The topological polar surface area (TPSA) is 23.5 Å². The molecule has 16 heavy (non-hydrogen) atoms. The van der Waals surface area contributed by atoms with Gasteiger partial charge in [-0.2, -0.15) is 0 Å². The zero-order valence-corrected chi connectivity index (χ0v) is 10.7. The normalized spacial score (nSPS) is 10.5. The first-order valence-electron chi connectivity index (χ1n) is 6.10. The van der Waals surface area contributed by atoms with Crippen LogP contribution in [0.25, 0.3) is 0 Å². The molecule has 1 rings (SSSR count). The highest BCUT2D eigenvalue weighted by molar-refractivity contribution is 5.50. The molecule has 1 aromatic rings. The standard InChI is InChI=1S/C14H23NO/c1-4-5-6-9-15(3)14-8-7-13(11-16)12(2)10-14/h7-8,10,16H,4-6,9,11H2,1-3H3. The van der Waals surface area contributed by atoms with E-state index in [0.717, 1.165) is 12.1 Å². The van der Waals surface area contributed by atoms with Crippen LogP contribution in [0.5, 0.6) is 0 Å². The van der Waals surface area contributed by atoms with E-state index in [0.29, 0.717) is 0 Å². The summed E-state index contributed by atoms with van der Waals surface area (Å²) in [6.45, 7) is 5.51. The number of aryl methyl sites for hydroxylation is 1. The van der Waals surface area contributed by atoms with E-state index < -0.39 is 0 Å². The van der Waals surface area contributed by atoms with E-state index in [-0.39, 0.29) is 6.61 Å². The van der Waals surface area contributed by atoms with Crippen LogP contribution in [0, 0.1) is 6.92 Å². The van der Waals surface area contributed by atoms with Crippen molar-refractivity contribution in [3.63, 3.8) is 0 Å². The summed E-state index contributed by atoms with van der Waals surface area (Å²) in [6, 6.07) is 6.25. The first-order chi connectivity index (χ1) is 7.69. The Morgan fingerprint density at radius 2 is 2.00 bits per heavy atom. The highest BCUT2D eigenvalue weighted by Gasteiger charge is 2.03. The average Bonchev–Trinajstić information content (AvgIpc) is 2.29. The lowest BCUT2D eigenvalue weighted by Crippen LogP contribution is -2.18. The smallest absolute Gasteiger partial charge is 0.0684 e. The summed E-state index contributed by atoms with van der Waals surface area (Å²) >= 11 is 0. The molecular formula is C14H23NO. The summed E-state index contributed by atoms with van der Waals surface area (Å²) in [4.78, 5) is 2.28. The van der Waals surface area contributed by atoms with Gasteiger partial charge in [0.05, 0.1) is 6.61 Å². The fourth-order valence-electron chi connectivity index (χ4n) is 1.82. The van der Waals surface area contributed by atoms with Gasteiger partial charge in [0, 0.05) is 19.3 Å². The van der Waals surface area contributed by atoms with Gasteiger partial charge < -0.3 is 10.0 Å². The minimum absolute atomic E-state index is 0.131. The van der Waals surface area contributed by atoms with E-state index in [1.165, 1.54) is 30.5 Å². The lowest BCUT2D eigenvalue weighted by molar-refractivity contribution is 0.281. The SMILES string of the molecule is CCCCCN(C)c1ccc(CO)c(C)c1. The van der Waals surface area contributed by atoms with Crippen LogP contribution in [0.4, 0.5) is 5.69 Å². The molecule has 2 heteroatoms. The van der Waals surface area contributed by atoms with Crippen molar-refractivity contribution in [2.45, 2.75) is 39.7 Å². The molecule has 90 valence electrons. The number of aliphatic hydroxyl groups excluding tert-OH is 1. The highest BCUT2D eigenvalue weighted by Crippen LogP contribution is 2.18. The Balaban J connectivity index is 2.62. The largest absolute Gasteiger partial charge is 0.392 e. The van der Waals surface area contributed by atoms with Gasteiger partial charge >= 0.3 is 0 Å². The molecule has 0 aliphatic heterocycles. The van der Waals surface area contributed by atoms with Crippen LogP contribution in [0.2, 0.25) is 0 Å². The second kappa shape index (κ2) is 6.54. The number of unbranched alkanes of at least 4 members (excludes halogenated alkanes) is 2. The van der Waals surface area contributed by atoms with Crippen molar-refractivity contribution >= 4 is 5.69 Å². The van der Waals surface area contributed by atoms with E-state index in [9.17, 15) is 0 Å². The van der Waals surface area contributed by atoms with E-state index in [1.807, 2.05) is 6.07 Å². The zero-order valence-electron chi connectivity index (χ0n) is 10.7. The Morgan fingerprint density at radius 3 is 2.56 bits per heavy atom. The minimum atomic E-state index is 0.131. The van der Waals surface area contributed by atoms with Gasteiger partial charge in [0.1, 0.15) is 0 Å². The maximum atomic E-state index is 9.11. The molecule has 0 radical (unpaired) electrons. The van der Waals surface area contributed by atoms with Crippen molar-refractivity contribution in [1.29, 1.82) is 0 Å². The first kappa shape index (κ1) is 13.0.